The van der Waals surface area contributed by atoms with Gasteiger partial charge in [-0.15, -0.1) is 11.3 Å². The number of methoxy groups -OCH3 is 1. The van der Waals surface area contributed by atoms with Crippen LogP contribution in [-0.2, 0) is 11.3 Å². The van der Waals surface area contributed by atoms with E-state index in [1.54, 1.807) is 14.0 Å². The Labute approximate surface area is 157 Å². The van der Waals surface area contributed by atoms with E-state index in [0.717, 1.165) is 16.3 Å². The summed E-state index contributed by atoms with van der Waals surface area (Å²) in [7, 11) is 1.62. The Hall–Kier alpha value is -2.41. The Balaban J connectivity index is 1.77. The molecule has 6 nitrogen and oxygen atoms in total. The van der Waals surface area contributed by atoms with Crippen molar-refractivity contribution in [3.05, 3.63) is 35.3 Å². The number of amides is 3. The van der Waals surface area contributed by atoms with Crippen LogP contribution in [0.3, 0.4) is 0 Å². The average Bonchev–Trinajstić information content (AvgIpc) is 3.13. The van der Waals surface area contributed by atoms with Crippen LogP contribution in [0.5, 0.6) is 5.75 Å². The first-order chi connectivity index (χ1) is 12.3. The molecule has 1 aliphatic heterocycles. The number of nitrogens with one attached hydrogen (secondary N) is 1. The fraction of sp³-hybridized carbons (Fsp3) is 0.421. The van der Waals surface area contributed by atoms with Crippen molar-refractivity contribution >= 4 is 23.3 Å². The molecule has 1 N–H and O–H groups in total. The highest BCUT2D eigenvalue weighted by Gasteiger charge is 2.47. The van der Waals surface area contributed by atoms with Crippen molar-refractivity contribution in [3.8, 4) is 16.3 Å². The number of thiazole rings is 1. The van der Waals surface area contributed by atoms with Crippen LogP contribution < -0.4 is 10.1 Å². The van der Waals surface area contributed by atoms with Gasteiger partial charge >= 0.3 is 6.03 Å². The molecule has 138 valence electrons. The zero-order valence-electron chi connectivity index (χ0n) is 15.4. The first kappa shape index (κ1) is 18.4. The third kappa shape index (κ3) is 3.58. The Bertz CT molecular complexity index is 833. The van der Waals surface area contributed by atoms with Gasteiger partial charge in [-0.25, -0.2) is 9.78 Å². The fourth-order valence-electron chi connectivity index (χ4n) is 3.28. The number of hydrogen-bond acceptors (Lipinski definition) is 5. The molecule has 0 aliphatic carbocycles. The number of ether oxygens (including phenoxy) is 1. The number of hydrogen-bond donors (Lipinski definition) is 1. The summed E-state index contributed by atoms with van der Waals surface area (Å²) in [6.07, 6.45) is 0.611. The summed E-state index contributed by atoms with van der Waals surface area (Å²) in [5.41, 5.74) is 0.809. The lowest BCUT2D eigenvalue weighted by Gasteiger charge is -2.23. The highest BCUT2D eigenvalue weighted by atomic mass is 32.1. The van der Waals surface area contributed by atoms with Gasteiger partial charge in [-0.3, -0.25) is 9.69 Å². The first-order valence-electron chi connectivity index (χ1n) is 8.55. The topological polar surface area (TPSA) is 71.5 Å². The van der Waals surface area contributed by atoms with Crippen LogP contribution in [0.2, 0.25) is 0 Å². The lowest BCUT2D eigenvalue weighted by Crippen LogP contribution is -2.44. The number of nitrogens with zero attached hydrogens (tertiary/aromatic N) is 2. The van der Waals surface area contributed by atoms with E-state index < -0.39 is 5.54 Å². The van der Waals surface area contributed by atoms with Crippen LogP contribution in [0.1, 0.15) is 32.9 Å². The summed E-state index contributed by atoms with van der Waals surface area (Å²) in [6.45, 7) is 6.04. The lowest BCUT2D eigenvalue weighted by molar-refractivity contribution is -0.131. The van der Waals surface area contributed by atoms with Crippen LogP contribution in [0.15, 0.2) is 29.6 Å². The molecular formula is C19H23N3O3S. The quantitative estimate of drug-likeness (QED) is 0.784. The molecule has 2 heterocycles. The van der Waals surface area contributed by atoms with Gasteiger partial charge in [-0.1, -0.05) is 26.0 Å². The Morgan fingerprint density at radius 1 is 1.35 bits per heavy atom. The van der Waals surface area contributed by atoms with E-state index in [-0.39, 0.29) is 18.5 Å². The first-order valence-corrected chi connectivity index (χ1v) is 9.43. The molecule has 7 heteroatoms. The standard InChI is InChI=1S/C19H23N3O3S/c1-12(2)9-19(3)17(23)22(18(24)21-19)10-14-11-26-16(20-14)13-6-5-7-15(8-13)25-4/h5-8,11-12H,9-10H2,1-4H3,(H,21,24). The molecule has 26 heavy (non-hydrogen) atoms. The normalized spacial score (nSPS) is 20.0. The maximum Gasteiger partial charge on any atom is 0.325 e. The Morgan fingerprint density at radius 2 is 2.12 bits per heavy atom. The summed E-state index contributed by atoms with van der Waals surface area (Å²) in [6, 6.07) is 7.30. The van der Waals surface area contributed by atoms with Crippen molar-refractivity contribution in [2.45, 2.75) is 39.3 Å². The second-order valence-corrected chi connectivity index (χ2v) is 7.99. The van der Waals surface area contributed by atoms with Crippen molar-refractivity contribution in [2.75, 3.05) is 7.11 Å². The maximum atomic E-state index is 12.7. The molecule has 0 bridgehead atoms. The monoisotopic (exact) mass is 373 g/mol. The molecule has 1 aromatic heterocycles. The maximum absolute atomic E-state index is 12.7. The summed E-state index contributed by atoms with van der Waals surface area (Å²) in [4.78, 5) is 30.9. The molecule has 1 fully saturated rings. The summed E-state index contributed by atoms with van der Waals surface area (Å²) < 4.78 is 5.24. The van der Waals surface area contributed by atoms with Crippen LogP contribution in [-0.4, -0.2) is 34.5 Å². The zero-order chi connectivity index (χ0) is 18.9. The second-order valence-electron chi connectivity index (χ2n) is 7.13. The number of imide groups is 1. The van der Waals surface area contributed by atoms with Crippen LogP contribution in [0.25, 0.3) is 10.6 Å². The third-order valence-corrected chi connectivity index (χ3v) is 5.29. The number of urea groups is 1. The summed E-state index contributed by atoms with van der Waals surface area (Å²) in [5.74, 6) is 0.882. The van der Waals surface area contributed by atoms with E-state index in [4.69, 9.17) is 4.74 Å². The van der Waals surface area contributed by atoms with Crippen LogP contribution in [0, 0.1) is 5.92 Å². The van der Waals surface area contributed by atoms with Crippen molar-refractivity contribution in [3.63, 3.8) is 0 Å². The van der Waals surface area contributed by atoms with Gasteiger partial charge in [0.2, 0.25) is 0 Å². The number of rotatable bonds is 6. The van der Waals surface area contributed by atoms with E-state index >= 15 is 0 Å². The van der Waals surface area contributed by atoms with E-state index in [2.05, 4.69) is 10.3 Å². The Morgan fingerprint density at radius 3 is 2.81 bits per heavy atom. The van der Waals surface area contributed by atoms with Gasteiger partial charge in [0.15, 0.2) is 0 Å². The molecule has 2 aromatic rings. The van der Waals surface area contributed by atoms with Crippen LogP contribution in [0.4, 0.5) is 4.79 Å². The zero-order valence-corrected chi connectivity index (χ0v) is 16.2. The largest absolute Gasteiger partial charge is 0.497 e. The van der Waals surface area contributed by atoms with Crippen LogP contribution >= 0.6 is 11.3 Å². The minimum Gasteiger partial charge on any atom is -0.497 e. The van der Waals surface area contributed by atoms with Crippen molar-refractivity contribution in [2.24, 2.45) is 5.92 Å². The number of carbonyl (C=O) groups excluding carboxylic acids is 2. The minimum atomic E-state index is -0.836. The average molecular weight is 373 g/mol. The lowest BCUT2D eigenvalue weighted by atomic mass is 9.91. The van der Waals surface area contributed by atoms with Crippen molar-refractivity contribution in [1.82, 2.24) is 15.2 Å². The molecule has 3 rings (SSSR count). The molecule has 1 atom stereocenters. The van der Waals surface area contributed by atoms with Gasteiger partial charge < -0.3 is 10.1 Å². The van der Waals surface area contributed by atoms with Gasteiger partial charge in [-0.05, 0) is 31.4 Å². The van der Waals surface area contributed by atoms with E-state index in [0.29, 0.717) is 18.0 Å². The van der Waals surface area contributed by atoms with Gasteiger partial charge in [0.05, 0.1) is 19.3 Å². The highest BCUT2D eigenvalue weighted by molar-refractivity contribution is 7.13. The number of carbonyl (C=O) groups is 2. The molecule has 0 spiro atoms. The summed E-state index contributed by atoms with van der Waals surface area (Å²) >= 11 is 1.48. The summed E-state index contributed by atoms with van der Waals surface area (Å²) in [5, 5.41) is 5.54. The van der Waals surface area contributed by atoms with E-state index in [1.807, 2.05) is 43.5 Å². The molecule has 3 amide bonds. The predicted octanol–water partition coefficient (Wildman–Crippen LogP) is 3.68. The van der Waals surface area contributed by atoms with Gasteiger partial charge in [0.25, 0.3) is 5.91 Å². The Kier molecular flexibility index (Phi) is 5.00. The minimum absolute atomic E-state index is 0.179. The van der Waals surface area contributed by atoms with E-state index in [1.165, 1.54) is 16.2 Å². The van der Waals surface area contributed by atoms with Gasteiger partial charge in [0.1, 0.15) is 16.3 Å². The van der Waals surface area contributed by atoms with Crippen molar-refractivity contribution < 1.29 is 14.3 Å². The third-order valence-electron chi connectivity index (χ3n) is 4.35. The van der Waals surface area contributed by atoms with Gasteiger partial charge in [-0.2, -0.15) is 0 Å². The molecule has 1 saturated heterocycles. The van der Waals surface area contributed by atoms with Gasteiger partial charge in [0, 0.05) is 10.9 Å². The molecule has 0 saturated carbocycles. The smallest absolute Gasteiger partial charge is 0.325 e. The highest BCUT2D eigenvalue weighted by Crippen LogP contribution is 2.29. The molecule has 0 radical (unpaired) electrons. The second kappa shape index (κ2) is 7.07. The molecular weight excluding hydrogens is 350 g/mol. The number of benzene rings is 1. The molecule has 1 aromatic carbocycles. The molecule has 1 aliphatic rings. The van der Waals surface area contributed by atoms with E-state index in [9.17, 15) is 9.59 Å². The number of aromatic nitrogens is 1. The van der Waals surface area contributed by atoms with Crippen molar-refractivity contribution in [1.29, 1.82) is 0 Å². The SMILES string of the molecule is COc1cccc(-c2nc(CN3C(=O)NC(C)(CC(C)C)C3=O)cs2)c1. The predicted molar refractivity (Wildman–Crippen MR) is 101 cm³/mol. The molecule has 1 unspecified atom stereocenters. The fourth-order valence-corrected chi connectivity index (χ4v) is 4.08.